The van der Waals surface area contributed by atoms with Crippen molar-refractivity contribution in [2.45, 2.75) is 25.4 Å². The minimum absolute atomic E-state index is 0.596. The van der Waals surface area contributed by atoms with Gasteiger partial charge in [-0.25, -0.2) is 0 Å². The van der Waals surface area contributed by atoms with E-state index in [1.165, 1.54) is 19.3 Å². The Balaban J connectivity index is 1.80. The Bertz CT molecular complexity index is 71.3. The molecule has 2 nitrogen and oxygen atoms in total. The highest BCUT2D eigenvalue weighted by Gasteiger charge is 2.16. The summed E-state index contributed by atoms with van der Waals surface area (Å²) in [5.41, 5.74) is 0. The van der Waals surface area contributed by atoms with Crippen LogP contribution in [0.2, 0.25) is 0 Å². The van der Waals surface area contributed by atoms with Crippen LogP contribution in [0.15, 0.2) is 0 Å². The zero-order valence-corrected chi connectivity index (χ0v) is 6.02. The summed E-state index contributed by atoms with van der Waals surface area (Å²) in [6.45, 7) is 1.86. The van der Waals surface area contributed by atoms with Gasteiger partial charge >= 0.3 is 0 Å². The first-order valence-corrected chi connectivity index (χ1v) is 3.69. The van der Waals surface area contributed by atoms with E-state index in [0.29, 0.717) is 6.10 Å². The number of rotatable bonds is 4. The highest BCUT2D eigenvalue weighted by molar-refractivity contribution is 4.68. The molecule has 0 amide bonds. The second kappa shape index (κ2) is 3.85. The van der Waals surface area contributed by atoms with Crippen molar-refractivity contribution < 1.29 is 4.74 Å². The fourth-order valence-electron chi connectivity index (χ4n) is 0.865. The van der Waals surface area contributed by atoms with E-state index in [9.17, 15) is 0 Å². The largest absolute Gasteiger partial charge is 0.377 e. The molecule has 0 atom stereocenters. The molecule has 1 saturated carbocycles. The number of ether oxygens (including phenoxy) is 1. The maximum Gasteiger partial charge on any atom is 0.0594 e. The smallest absolute Gasteiger partial charge is 0.0594 e. The third kappa shape index (κ3) is 2.33. The topological polar surface area (TPSA) is 21.3 Å². The molecule has 0 aromatic rings. The van der Waals surface area contributed by atoms with Crippen molar-refractivity contribution >= 4 is 0 Å². The standard InChI is InChI=1S/C7H15NO/c1-8-5-6-9-7-3-2-4-7/h7-8H,2-6H2,1H3. The summed E-state index contributed by atoms with van der Waals surface area (Å²) >= 11 is 0. The first kappa shape index (κ1) is 7.03. The Labute approximate surface area is 56.6 Å². The van der Waals surface area contributed by atoms with Crippen molar-refractivity contribution in [3.8, 4) is 0 Å². The van der Waals surface area contributed by atoms with Gasteiger partial charge in [-0.05, 0) is 26.3 Å². The molecule has 0 radical (unpaired) electrons. The molecule has 1 aliphatic rings. The minimum atomic E-state index is 0.596. The SMILES string of the molecule is CNCCOC1CCC1. The molecule has 1 rings (SSSR count). The number of hydrogen-bond donors (Lipinski definition) is 1. The average Bonchev–Trinajstić information content (AvgIpc) is 1.76. The third-order valence-electron chi connectivity index (χ3n) is 1.76. The number of likely N-dealkylation sites (N-methyl/N-ethyl adjacent to an activating group) is 1. The third-order valence-corrected chi connectivity index (χ3v) is 1.76. The monoisotopic (exact) mass is 129 g/mol. The van der Waals surface area contributed by atoms with E-state index in [-0.39, 0.29) is 0 Å². The molecule has 0 bridgehead atoms. The van der Waals surface area contributed by atoms with Gasteiger partial charge in [0.25, 0.3) is 0 Å². The fraction of sp³-hybridized carbons (Fsp3) is 1.00. The van der Waals surface area contributed by atoms with E-state index in [0.717, 1.165) is 13.2 Å². The van der Waals surface area contributed by atoms with Crippen molar-refractivity contribution in [3.63, 3.8) is 0 Å². The van der Waals surface area contributed by atoms with Crippen LogP contribution in [-0.2, 0) is 4.74 Å². The highest BCUT2D eigenvalue weighted by Crippen LogP contribution is 2.21. The molecule has 0 aromatic carbocycles. The van der Waals surface area contributed by atoms with Gasteiger partial charge in [0.1, 0.15) is 0 Å². The Morgan fingerprint density at radius 1 is 1.56 bits per heavy atom. The van der Waals surface area contributed by atoms with E-state index in [2.05, 4.69) is 5.32 Å². The lowest BCUT2D eigenvalue weighted by Gasteiger charge is -2.25. The lowest BCUT2D eigenvalue weighted by Crippen LogP contribution is -2.25. The van der Waals surface area contributed by atoms with Gasteiger partial charge in [-0.3, -0.25) is 0 Å². The van der Waals surface area contributed by atoms with Gasteiger partial charge in [-0.2, -0.15) is 0 Å². The van der Waals surface area contributed by atoms with Gasteiger partial charge in [-0.15, -0.1) is 0 Å². The van der Waals surface area contributed by atoms with Crippen LogP contribution in [0.5, 0.6) is 0 Å². The summed E-state index contributed by atoms with van der Waals surface area (Å²) in [4.78, 5) is 0. The van der Waals surface area contributed by atoms with Crippen LogP contribution < -0.4 is 5.32 Å². The normalized spacial score (nSPS) is 19.7. The van der Waals surface area contributed by atoms with Crippen LogP contribution in [0.1, 0.15) is 19.3 Å². The van der Waals surface area contributed by atoms with E-state index in [1.54, 1.807) is 0 Å². The highest BCUT2D eigenvalue weighted by atomic mass is 16.5. The first-order valence-electron chi connectivity index (χ1n) is 3.69. The second-order valence-corrected chi connectivity index (χ2v) is 2.53. The Hall–Kier alpha value is -0.0800. The van der Waals surface area contributed by atoms with E-state index < -0.39 is 0 Å². The summed E-state index contributed by atoms with van der Waals surface area (Å²) in [7, 11) is 1.95. The second-order valence-electron chi connectivity index (χ2n) is 2.53. The Morgan fingerprint density at radius 2 is 2.33 bits per heavy atom. The molecular weight excluding hydrogens is 114 g/mol. The molecule has 0 heterocycles. The van der Waals surface area contributed by atoms with Gasteiger partial charge in [0, 0.05) is 6.54 Å². The van der Waals surface area contributed by atoms with Crippen LogP contribution in [0.25, 0.3) is 0 Å². The van der Waals surface area contributed by atoms with Crippen LogP contribution in [0.3, 0.4) is 0 Å². The fourth-order valence-corrected chi connectivity index (χ4v) is 0.865. The Kier molecular flexibility index (Phi) is 3.01. The molecule has 1 N–H and O–H groups in total. The molecule has 9 heavy (non-hydrogen) atoms. The van der Waals surface area contributed by atoms with Crippen molar-refractivity contribution in [1.29, 1.82) is 0 Å². The predicted octanol–water partition coefficient (Wildman–Crippen LogP) is 0.775. The molecule has 0 aliphatic heterocycles. The van der Waals surface area contributed by atoms with Crippen molar-refractivity contribution in [2.24, 2.45) is 0 Å². The predicted molar refractivity (Wildman–Crippen MR) is 37.5 cm³/mol. The van der Waals surface area contributed by atoms with Gasteiger partial charge in [0.15, 0.2) is 0 Å². The lowest BCUT2D eigenvalue weighted by atomic mass is 9.96. The minimum Gasteiger partial charge on any atom is -0.377 e. The van der Waals surface area contributed by atoms with E-state index >= 15 is 0 Å². The summed E-state index contributed by atoms with van der Waals surface area (Å²) in [5.74, 6) is 0. The van der Waals surface area contributed by atoms with Gasteiger partial charge in [0.2, 0.25) is 0 Å². The maximum atomic E-state index is 5.46. The molecule has 1 fully saturated rings. The van der Waals surface area contributed by atoms with Crippen LogP contribution in [-0.4, -0.2) is 26.3 Å². The summed E-state index contributed by atoms with van der Waals surface area (Å²) < 4.78 is 5.46. The van der Waals surface area contributed by atoms with Crippen molar-refractivity contribution in [3.05, 3.63) is 0 Å². The molecular formula is C7H15NO. The summed E-state index contributed by atoms with van der Waals surface area (Å²) in [5, 5.41) is 3.05. The van der Waals surface area contributed by atoms with Gasteiger partial charge in [-0.1, -0.05) is 0 Å². The Morgan fingerprint density at radius 3 is 2.78 bits per heavy atom. The molecule has 0 unspecified atom stereocenters. The van der Waals surface area contributed by atoms with E-state index in [4.69, 9.17) is 4.74 Å². The van der Waals surface area contributed by atoms with Crippen molar-refractivity contribution in [1.82, 2.24) is 5.32 Å². The zero-order chi connectivity index (χ0) is 6.53. The zero-order valence-electron chi connectivity index (χ0n) is 6.02. The van der Waals surface area contributed by atoms with Crippen LogP contribution in [0, 0.1) is 0 Å². The first-order chi connectivity index (χ1) is 4.43. The molecule has 0 spiro atoms. The van der Waals surface area contributed by atoms with Gasteiger partial charge in [0.05, 0.1) is 12.7 Å². The molecule has 1 aliphatic carbocycles. The molecule has 0 saturated heterocycles. The van der Waals surface area contributed by atoms with Gasteiger partial charge < -0.3 is 10.1 Å². The summed E-state index contributed by atoms with van der Waals surface area (Å²) in [6, 6.07) is 0. The molecule has 54 valence electrons. The number of hydrogen-bond acceptors (Lipinski definition) is 2. The maximum absolute atomic E-state index is 5.46. The number of nitrogens with one attached hydrogen (secondary N) is 1. The average molecular weight is 129 g/mol. The van der Waals surface area contributed by atoms with Crippen molar-refractivity contribution in [2.75, 3.05) is 20.2 Å². The summed E-state index contributed by atoms with van der Waals surface area (Å²) in [6.07, 6.45) is 4.52. The lowest BCUT2D eigenvalue weighted by molar-refractivity contribution is 0.00483. The quantitative estimate of drug-likeness (QED) is 0.566. The van der Waals surface area contributed by atoms with E-state index in [1.807, 2.05) is 7.05 Å². The van der Waals surface area contributed by atoms with Crippen LogP contribution >= 0.6 is 0 Å². The molecule has 2 heteroatoms. The van der Waals surface area contributed by atoms with Crippen LogP contribution in [0.4, 0.5) is 0 Å². The molecule has 0 aromatic heterocycles.